The van der Waals surface area contributed by atoms with Crippen LogP contribution in [0.2, 0.25) is 0 Å². The standard InChI is InChI=1S/C9H9F3/c1-5-3-7(9(11)12)6(2)8(10)4-5/h3-4,9H,1-2H3. The van der Waals surface area contributed by atoms with E-state index in [2.05, 4.69) is 0 Å². The molecule has 0 fully saturated rings. The molecule has 12 heavy (non-hydrogen) atoms. The van der Waals surface area contributed by atoms with E-state index < -0.39 is 12.2 Å². The normalized spacial score (nSPS) is 10.8. The zero-order valence-electron chi connectivity index (χ0n) is 6.87. The van der Waals surface area contributed by atoms with Crippen LogP contribution < -0.4 is 0 Å². The second-order valence-electron chi connectivity index (χ2n) is 2.76. The lowest BCUT2D eigenvalue weighted by atomic mass is 10.1. The zero-order valence-corrected chi connectivity index (χ0v) is 6.87. The van der Waals surface area contributed by atoms with Crippen molar-refractivity contribution in [2.24, 2.45) is 0 Å². The summed E-state index contributed by atoms with van der Waals surface area (Å²) in [5.74, 6) is -0.565. The van der Waals surface area contributed by atoms with Crippen LogP contribution in [0.5, 0.6) is 0 Å². The largest absolute Gasteiger partial charge is 0.264 e. The Balaban J connectivity index is 3.28. The van der Waals surface area contributed by atoms with Crippen LogP contribution in [-0.2, 0) is 0 Å². The second kappa shape index (κ2) is 3.17. The molecule has 1 aromatic carbocycles. The monoisotopic (exact) mass is 174 g/mol. The molecule has 0 saturated carbocycles. The highest BCUT2D eigenvalue weighted by Crippen LogP contribution is 2.25. The molecule has 0 amide bonds. The minimum absolute atomic E-state index is 0.0376. The van der Waals surface area contributed by atoms with Crippen molar-refractivity contribution < 1.29 is 13.2 Å². The van der Waals surface area contributed by atoms with Gasteiger partial charge in [-0.1, -0.05) is 0 Å². The Morgan fingerprint density at radius 2 is 1.75 bits per heavy atom. The summed E-state index contributed by atoms with van der Waals surface area (Å²) in [5.41, 5.74) is 0.344. The molecule has 0 unspecified atom stereocenters. The molecule has 0 spiro atoms. The first-order valence-corrected chi connectivity index (χ1v) is 3.57. The van der Waals surface area contributed by atoms with Crippen LogP contribution in [0.25, 0.3) is 0 Å². The highest BCUT2D eigenvalue weighted by Gasteiger charge is 2.13. The second-order valence-corrected chi connectivity index (χ2v) is 2.76. The summed E-state index contributed by atoms with van der Waals surface area (Å²) in [7, 11) is 0. The fourth-order valence-electron chi connectivity index (χ4n) is 1.07. The van der Waals surface area contributed by atoms with Crippen molar-refractivity contribution in [1.82, 2.24) is 0 Å². The number of alkyl halides is 2. The lowest BCUT2D eigenvalue weighted by molar-refractivity contribution is 0.150. The maximum atomic E-state index is 12.9. The third kappa shape index (κ3) is 1.60. The first-order valence-electron chi connectivity index (χ1n) is 3.57. The van der Waals surface area contributed by atoms with E-state index in [1.54, 1.807) is 6.92 Å². The number of rotatable bonds is 1. The van der Waals surface area contributed by atoms with E-state index in [9.17, 15) is 13.2 Å². The van der Waals surface area contributed by atoms with E-state index in [1.165, 1.54) is 19.1 Å². The van der Waals surface area contributed by atoms with Crippen LogP contribution in [0.15, 0.2) is 12.1 Å². The summed E-state index contributed by atoms with van der Waals surface area (Å²) in [6, 6.07) is 2.56. The number of benzene rings is 1. The van der Waals surface area contributed by atoms with E-state index in [0.717, 1.165) is 0 Å². The zero-order chi connectivity index (χ0) is 9.30. The van der Waals surface area contributed by atoms with Crippen LogP contribution in [0.1, 0.15) is 23.1 Å². The molecule has 0 atom stereocenters. The van der Waals surface area contributed by atoms with Crippen molar-refractivity contribution in [3.05, 3.63) is 34.6 Å². The molecule has 0 heterocycles. The van der Waals surface area contributed by atoms with Gasteiger partial charge in [0.05, 0.1) is 0 Å². The molecular formula is C9H9F3. The van der Waals surface area contributed by atoms with E-state index in [0.29, 0.717) is 5.56 Å². The van der Waals surface area contributed by atoms with E-state index in [-0.39, 0.29) is 11.1 Å². The van der Waals surface area contributed by atoms with Crippen molar-refractivity contribution >= 4 is 0 Å². The fourth-order valence-corrected chi connectivity index (χ4v) is 1.07. The molecule has 1 rings (SSSR count). The van der Waals surface area contributed by atoms with Gasteiger partial charge in [-0.05, 0) is 37.1 Å². The maximum Gasteiger partial charge on any atom is 0.264 e. The van der Waals surface area contributed by atoms with Gasteiger partial charge in [0, 0.05) is 5.56 Å². The summed E-state index contributed by atoms with van der Waals surface area (Å²) < 4.78 is 37.3. The lowest BCUT2D eigenvalue weighted by Crippen LogP contribution is -1.94. The lowest BCUT2D eigenvalue weighted by Gasteiger charge is -2.06. The van der Waals surface area contributed by atoms with Gasteiger partial charge in [-0.2, -0.15) is 0 Å². The van der Waals surface area contributed by atoms with Crippen molar-refractivity contribution in [2.45, 2.75) is 20.3 Å². The van der Waals surface area contributed by atoms with Gasteiger partial charge < -0.3 is 0 Å². The molecule has 1 aromatic rings. The van der Waals surface area contributed by atoms with Crippen molar-refractivity contribution in [2.75, 3.05) is 0 Å². The van der Waals surface area contributed by atoms with Crippen LogP contribution in [-0.4, -0.2) is 0 Å². The number of hydrogen-bond acceptors (Lipinski definition) is 0. The molecule has 0 bridgehead atoms. The average Bonchev–Trinajstić information content (AvgIpc) is 1.96. The van der Waals surface area contributed by atoms with Crippen molar-refractivity contribution in [3.63, 3.8) is 0 Å². The van der Waals surface area contributed by atoms with Gasteiger partial charge in [0.1, 0.15) is 5.82 Å². The molecule has 0 aliphatic carbocycles. The first kappa shape index (κ1) is 9.10. The predicted molar refractivity (Wildman–Crippen MR) is 40.8 cm³/mol. The van der Waals surface area contributed by atoms with E-state index in [4.69, 9.17) is 0 Å². The Kier molecular flexibility index (Phi) is 2.40. The molecule has 3 heteroatoms. The summed E-state index contributed by atoms with van der Waals surface area (Å²) in [6.45, 7) is 2.95. The van der Waals surface area contributed by atoms with E-state index in [1.807, 2.05) is 0 Å². The molecule has 0 radical (unpaired) electrons. The quantitative estimate of drug-likeness (QED) is 0.612. The first-order chi connectivity index (χ1) is 5.52. The smallest absolute Gasteiger partial charge is 0.207 e. The average molecular weight is 174 g/mol. The molecule has 66 valence electrons. The summed E-state index contributed by atoms with van der Waals surface area (Å²) in [6.07, 6.45) is -2.60. The molecule has 0 nitrogen and oxygen atoms in total. The minimum atomic E-state index is -2.60. The fraction of sp³-hybridized carbons (Fsp3) is 0.333. The molecule has 0 aromatic heterocycles. The Bertz CT molecular complexity index is 292. The molecular weight excluding hydrogens is 165 g/mol. The van der Waals surface area contributed by atoms with Gasteiger partial charge in [-0.25, -0.2) is 13.2 Å². The Morgan fingerprint density at radius 3 is 2.25 bits per heavy atom. The summed E-state index contributed by atoms with van der Waals surface area (Å²) in [4.78, 5) is 0. The van der Waals surface area contributed by atoms with Crippen LogP contribution >= 0.6 is 0 Å². The number of aryl methyl sites for hydroxylation is 1. The highest BCUT2D eigenvalue weighted by molar-refractivity contribution is 5.32. The minimum Gasteiger partial charge on any atom is -0.207 e. The number of halogens is 3. The van der Waals surface area contributed by atoms with Crippen molar-refractivity contribution in [1.29, 1.82) is 0 Å². The molecule has 0 N–H and O–H groups in total. The van der Waals surface area contributed by atoms with E-state index >= 15 is 0 Å². The molecule has 0 saturated heterocycles. The van der Waals surface area contributed by atoms with Gasteiger partial charge in [-0.3, -0.25) is 0 Å². The van der Waals surface area contributed by atoms with Gasteiger partial charge in [0.2, 0.25) is 0 Å². The predicted octanol–water partition coefficient (Wildman–Crippen LogP) is 3.38. The van der Waals surface area contributed by atoms with Crippen LogP contribution in [0.4, 0.5) is 13.2 Å². The number of hydrogen-bond donors (Lipinski definition) is 0. The van der Waals surface area contributed by atoms with Crippen LogP contribution in [0.3, 0.4) is 0 Å². The molecule has 0 aliphatic rings. The Morgan fingerprint density at radius 1 is 1.17 bits per heavy atom. The van der Waals surface area contributed by atoms with Crippen LogP contribution in [0, 0.1) is 19.7 Å². The highest BCUT2D eigenvalue weighted by atomic mass is 19.3. The van der Waals surface area contributed by atoms with Crippen molar-refractivity contribution in [3.8, 4) is 0 Å². The Hall–Kier alpha value is -0.990. The van der Waals surface area contributed by atoms with Gasteiger partial charge >= 0.3 is 0 Å². The summed E-state index contributed by atoms with van der Waals surface area (Å²) >= 11 is 0. The molecule has 0 aliphatic heterocycles. The van der Waals surface area contributed by atoms with Gasteiger partial charge in [-0.15, -0.1) is 0 Å². The maximum absolute atomic E-state index is 12.9. The topological polar surface area (TPSA) is 0 Å². The van der Waals surface area contributed by atoms with Gasteiger partial charge in [0.25, 0.3) is 6.43 Å². The Labute approximate surface area is 69.0 Å². The van der Waals surface area contributed by atoms with Gasteiger partial charge in [0.15, 0.2) is 0 Å². The SMILES string of the molecule is Cc1cc(F)c(C)c(C(F)F)c1. The summed E-state index contributed by atoms with van der Waals surface area (Å²) in [5, 5.41) is 0. The third-order valence-corrected chi connectivity index (χ3v) is 1.76. The third-order valence-electron chi connectivity index (χ3n) is 1.76.